The van der Waals surface area contributed by atoms with Crippen molar-refractivity contribution in [2.45, 2.75) is 123 Å². The van der Waals surface area contributed by atoms with Crippen molar-refractivity contribution in [3.05, 3.63) is 0 Å². The molecule has 5 amide bonds. The quantitative estimate of drug-likeness (QED) is 0.0480. The van der Waals surface area contributed by atoms with E-state index in [4.69, 9.17) is 17.2 Å². The number of carbonyl (C=O) groups excluding carboxylic acids is 5. The molecule has 0 unspecified atom stereocenters. The van der Waals surface area contributed by atoms with Crippen LogP contribution in [0.1, 0.15) is 87.0 Å². The number of guanidine groups is 1. The maximum absolute atomic E-state index is 14.0. The first-order chi connectivity index (χ1) is 21.9. The van der Waals surface area contributed by atoms with Crippen LogP contribution in [0.5, 0.6) is 0 Å². The zero-order valence-electron chi connectivity index (χ0n) is 28.9. The van der Waals surface area contributed by atoms with Crippen molar-refractivity contribution in [2.24, 2.45) is 39.9 Å². The smallest absolute Gasteiger partial charge is 0.325 e. The highest BCUT2D eigenvalue weighted by Gasteiger charge is 2.40. The molecule has 1 saturated heterocycles. The van der Waals surface area contributed by atoms with E-state index >= 15 is 0 Å². The molecule has 1 rings (SSSR count). The Kier molecular flexibility index (Phi) is 17.2. The number of hydrogen-bond acceptors (Lipinski definition) is 8. The van der Waals surface area contributed by atoms with Gasteiger partial charge in [0.05, 0.1) is 6.04 Å². The van der Waals surface area contributed by atoms with Crippen molar-refractivity contribution < 1.29 is 33.9 Å². The van der Waals surface area contributed by atoms with Crippen LogP contribution < -0.4 is 38.5 Å². The Morgan fingerprint density at radius 1 is 0.894 bits per heavy atom. The van der Waals surface area contributed by atoms with Crippen molar-refractivity contribution in [2.75, 3.05) is 13.1 Å². The third-order valence-corrected chi connectivity index (χ3v) is 8.28. The van der Waals surface area contributed by atoms with Gasteiger partial charge in [0.1, 0.15) is 30.2 Å². The minimum absolute atomic E-state index is 0.000324. The molecule has 1 heterocycles. The second-order valence-electron chi connectivity index (χ2n) is 13.1. The molecule has 0 bridgehead atoms. The summed E-state index contributed by atoms with van der Waals surface area (Å²) >= 11 is 0. The van der Waals surface area contributed by atoms with E-state index in [-0.39, 0.29) is 49.6 Å². The first-order valence-corrected chi connectivity index (χ1v) is 16.5. The predicted octanol–water partition coefficient (Wildman–Crippen LogP) is -0.850. The van der Waals surface area contributed by atoms with Gasteiger partial charge in [-0.15, -0.1) is 0 Å². The van der Waals surface area contributed by atoms with Gasteiger partial charge < -0.3 is 48.5 Å². The van der Waals surface area contributed by atoms with Gasteiger partial charge in [-0.2, -0.15) is 0 Å². The first-order valence-electron chi connectivity index (χ1n) is 16.5. The number of nitrogens with zero attached hydrogens (tertiary/aromatic N) is 2. The van der Waals surface area contributed by atoms with Gasteiger partial charge >= 0.3 is 5.97 Å². The fourth-order valence-electron chi connectivity index (χ4n) is 5.13. The SMILES string of the molecule is CC[C@H](C)[C@H](NC(=O)[C@@H](N)C(C)C)C(=O)N[C@@H](CC(C)C)C(=O)N1CCC[C@H]1C(=O)N[C@@H](CCCN=C(N)N)C(=O)N[C@@H](C)C(=O)O. The van der Waals surface area contributed by atoms with Crippen LogP contribution in [-0.4, -0.2) is 101 Å². The Bertz CT molecular complexity index is 1130. The summed E-state index contributed by atoms with van der Waals surface area (Å²) in [5.41, 5.74) is 16.8. The summed E-state index contributed by atoms with van der Waals surface area (Å²) in [5.74, 6) is -4.48. The number of amides is 5. The molecule has 0 spiro atoms. The van der Waals surface area contributed by atoms with E-state index in [1.807, 2.05) is 27.7 Å². The van der Waals surface area contributed by atoms with Gasteiger partial charge in [-0.05, 0) is 56.8 Å². The molecule has 268 valence electrons. The number of likely N-dealkylation sites (tertiary alicyclic amines) is 1. The molecule has 0 radical (unpaired) electrons. The largest absolute Gasteiger partial charge is 0.480 e. The fourth-order valence-corrected chi connectivity index (χ4v) is 5.13. The van der Waals surface area contributed by atoms with Gasteiger partial charge in [-0.25, -0.2) is 0 Å². The maximum Gasteiger partial charge on any atom is 0.325 e. The minimum atomic E-state index is -1.24. The van der Waals surface area contributed by atoms with Crippen molar-refractivity contribution in [3.8, 4) is 0 Å². The number of carbonyl (C=O) groups is 6. The van der Waals surface area contributed by atoms with Crippen LogP contribution in [0.3, 0.4) is 0 Å². The number of carboxylic acids is 1. The molecule has 0 saturated carbocycles. The third kappa shape index (κ3) is 13.4. The van der Waals surface area contributed by atoms with E-state index < -0.39 is 71.8 Å². The summed E-state index contributed by atoms with van der Waals surface area (Å²) in [5, 5.41) is 19.9. The van der Waals surface area contributed by atoms with Crippen LogP contribution in [0.4, 0.5) is 0 Å². The van der Waals surface area contributed by atoms with Crippen LogP contribution in [0.15, 0.2) is 4.99 Å². The van der Waals surface area contributed by atoms with E-state index in [0.29, 0.717) is 25.7 Å². The molecule has 1 aliphatic rings. The molecule has 0 aromatic rings. The number of aliphatic carboxylic acids is 1. The van der Waals surface area contributed by atoms with E-state index in [2.05, 4.69) is 26.3 Å². The number of nitrogens with one attached hydrogen (secondary N) is 4. The topological polar surface area (TPSA) is 264 Å². The van der Waals surface area contributed by atoms with Crippen molar-refractivity contribution in [1.82, 2.24) is 26.2 Å². The number of nitrogens with two attached hydrogens (primary N) is 3. The van der Waals surface area contributed by atoms with Crippen LogP contribution in [-0.2, 0) is 28.8 Å². The summed E-state index contributed by atoms with van der Waals surface area (Å²) in [6, 6.07) is -5.95. The molecule has 0 aliphatic carbocycles. The lowest BCUT2D eigenvalue weighted by Gasteiger charge is -2.32. The van der Waals surface area contributed by atoms with Gasteiger partial charge in [-0.3, -0.25) is 33.8 Å². The van der Waals surface area contributed by atoms with E-state index in [9.17, 15) is 33.9 Å². The lowest BCUT2D eigenvalue weighted by molar-refractivity contribution is -0.143. The third-order valence-electron chi connectivity index (χ3n) is 8.28. The minimum Gasteiger partial charge on any atom is -0.480 e. The highest BCUT2D eigenvalue weighted by atomic mass is 16.4. The van der Waals surface area contributed by atoms with E-state index in [1.165, 1.54) is 11.8 Å². The van der Waals surface area contributed by atoms with Crippen LogP contribution in [0.25, 0.3) is 0 Å². The Hall–Kier alpha value is -3.95. The monoisotopic (exact) mass is 667 g/mol. The second kappa shape index (κ2) is 19.7. The van der Waals surface area contributed by atoms with Crippen molar-refractivity contribution in [3.63, 3.8) is 0 Å². The number of aliphatic imine (C=N–C) groups is 1. The Labute approximate surface area is 277 Å². The Balaban J connectivity index is 3.20. The highest BCUT2D eigenvalue weighted by Crippen LogP contribution is 2.21. The van der Waals surface area contributed by atoms with Gasteiger partial charge in [0, 0.05) is 13.1 Å². The van der Waals surface area contributed by atoms with Gasteiger partial charge in [0.25, 0.3) is 0 Å². The molecule has 1 fully saturated rings. The normalized spacial score (nSPS) is 18.3. The fraction of sp³-hybridized carbons (Fsp3) is 0.774. The van der Waals surface area contributed by atoms with E-state index in [0.717, 1.165) is 0 Å². The molecule has 16 heteroatoms. The maximum atomic E-state index is 14.0. The van der Waals surface area contributed by atoms with Gasteiger partial charge in [0.15, 0.2) is 5.96 Å². The molecular formula is C31H57N9O7. The molecule has 0 aromatic heterocycles. The van der Waals surface area contributed by atoms with Crippen molar-refractivity contribution in [1.29, 1.82) is 0 Å². The number of rotatable bonds is 19. The standard InChI is InChI=1S/C31H57N9O7/c1-8-18(6)24(39-27(43)23(32)17(4)5)28(44)38-21(15-16(2)3)29(45)40-14-10-12-22(40)26(42)37-20(11-9-13-35-31(33)34)25(41)36-19(7)30(46)47/h16-24H,8-15,32H2,1-7H3,(H,36,41)(H,37,42)(H,38,44)(H,39,43)(H,46,47)(H4,33,34,35)/t18-,19-,20-,21-,22-,23-,24-/m0/s1. The molecule has 16 nitrogen and oxygen atoms in total. The molecular weight excluding hydrogens is 610 g/mol. The first kappa shape index (κ1) is 41.1. The molecule has 11 N–H and O–H groups in total. The van der Waals surface area contributed by atoms with Crippen LogP contribution in [0, 0.1) is 17.8 Å². The lowest BCUT2D eigenvalue weighted by atomic mass is 9.95. The van der Waals surface area contributed by atoms with Crippen LogP contribution in [0.2, 0.25) is 0 Å². The molecule has 0 aromatic carbocycles. The number of hydrogen-bond donors (Lipinski definition) is 8. The summed E-state index contributed by atoms with van der Waals surface area (Å²) in [6.07, 6.45) is 2.12. The predicted molar refractivity (Wildman–Crippen MR) is 177 cm³/mol. The zero-order chi connectivity index (χ0) is 36.0. The summed E-state index contributed by atoms with van der Waals surface area (Å²) in [6.45, 7) is 12.9. The van der Waals surface area contributed by atoms with Crippen molar-refractivity contribution >= 4 is 41.5 Å². The number of carboxylic acid groups (broad SMARTS) is 1. The second-order valence-corrected chi connectivity index (χ2v) is 13.1. The highest BCUT2D eigenvalue weighted by molar-refractivity contribution is 5.96. The molecule has 1 aliphatic heterocycles. The average Bonchev–Trinajstić information content (AvgIpc) is 3.49. The Morgan fingerprint density at radius 3 is 2.06 bits per heavy atom. The average molecular weight is 668 g/mol. The Morgan fingerprint density at radius 2 is 1.53 bits per heavy atom. The van der Waals surface area contributed by atoms with Gasteiger partial charge in [-0.1, -0.05) is 48.0 Å². The summed E-state index contributed by atoms with van der Waals surface area (Å²) in [7, 11) is 0. The molecule has 7 atom stereocenters. The summed E-state index contributed by atoms with van der Waals surface area (Å²) in [4.78, 5) is 83.5. The summed E-state index contributed by atoms with van der Waals surface area (Å²) < 4.78 is 0. The van der Waals surface area contributed by atoms with Crippen LogP contribution >= 0.6 is 0 Å². The van der Waals surface area contributed by atoms with E-state index in [1.54, 1.807) is 13.8 Å². The lowest BCUT2D eigenvalue weighted by Crippen LogP contribution is -2.60. The zero-order valence-corrected chi connectivity index (χ0v) is 28.9. The molecule has 47 heavy (non-hydrogen) atoms. The van der Waals surface area contributed by atoms with Gasteiger partial charge in [0.2, 0.25) is 29.5 Å².